The van der Waals surface area contributed by atoms with Crippen molar-refractivity contribution in [1.29, 1.82) is 0 Å². The monoisotopic (exact) mass is 273 g/mol. The number of hydrogen-bond donors (Lipinski definition) is 1. The third-order valence-corrected chi connectivity index (χ3v) is 2.72. The number of benzene rings is 1. The lowest BCUT2D eigenvalue weighted by atomic mass is 10.2. The molecule has 0 aliphatic carbocycles. The molecule has 0 saturated heterocycles. The Morgan fingerprint density at radius 1 is 1.35 bits per heavy atom. The van der Waals surface area contributed by atoms with Gasteiger partial charge in [0.1, 0.15) is 17.8 Å². The SMILES string of the molecule is CC(Oc1ccc(C=O)cc1)C(=O)NCc1ccco1. The van der Waals surface area contributed by atoms with E-state index in [-0.39, 0.29) is 5.91 Å². The maximum atomic E-state index is 11.8. The summed E-state index contributed by atoms with van der Waals surface area (Å²) in [5, 5.41) is 2.71. The number of aldehydes is 1. The van der Waals surface area contributed by atoms with Crippen LogP contribution < -0.4 is 10.1 Å². The molecule has 0 fully saturated rings. The molecule has 0 bridgehead atoms. The van der Waals surface area contributed by atoms with E-state index >= 15 is 0 Å². The first-order valence-electron chi connectivity index (χ1n) is 6.21. The standard InChI is InChI=1S/C15H15NO4/c1-11(15(18)16-9-14-3-2-8-19-14)20-13-6-4-12(10-17)5-7-13/h2-8,10-11H,9H2,1H3,(H,16,18). The molecule has 1 aromatic heterocycles. The maximum absolute atomic E-state index is 11.8. The molecule has 2 aromatic rings. The van der Waals surface area contributed by atoms with Gasteiger partial charge in [0.25, 0.3) is 5.91 Å². The first-order valence-corrected chi connectivity index (χ1v) is 6.21. The van der Waals surface area contributed by atoms with Crippen LogP contribution in [0.2, 0.25) is 0 Å². The predicted octanol–water partition coefficient (Wildman–Crippen LogP) is 2.18. The number of ether oxygens (including phenoxy) is 1. The van der Waals surface area contributed by atoms with Crippen LogP contribution in [0.5, 0.6) is 5.75 Å². The molecule has 0 spiro atoms. The fourth-order valence-electron chi connectivity index (χ4n) is 1.61. The van der Waals surface area contributed by atoms with E-state index in [9.17, 15) is 9.59 Å². The van der Waals surface area contributed by atoms with Gasteiger partial charge in [-0.3, -0.25) is 9.59 Å². The molecular formula is C15H15NO4. The number of rotatable bonds is 6. The third kappa shape index (κ3) is 3.71. The summed E-state index contributed by atoms with van der Waals surface area (Å²) >= 11 is 0. The Morgan fingerprint density at radius 3 is 2.70 bits per heavy atom. The number of nitrogens with one attached hydrogen (secondary N) is 1. The molecule has 5 heteroatoms. The Balaban J connectivity index is 1.84. The highest BCUT2D eigenvalue weighted by Gasteiger charge is 2.14. The molecule has 1 amide bonds. The Hall–Kier alpha value is -2.56. The van der Waals surface area contributed by atoms with E-state index in [4.69, 9.17) is 9.15 Å². The molecule has 0 saturated carbocycles. The molecule has 104 valence electrons. The van der Waals surface area contributed by atoms with Gasteiger partial charge in [0, 0.05) is 5.56 Å². The molecule has 5 nitrogen and oxygen atoms in total. The molecule has 0 aliphatic rings. The first kappa shape index (κ1) is 13.9. The molecule has 20 heavy (non-hydrogen) atoms. The van der Waals surface area contributed by atoms with Crippen molar-refractivity contribution in [3.8, 4) is 5.75 Å². The van der Waals surface area contributed by atoms with Gasteiger partial charge in [-0.05, 0) is 43.3 Å². The smallest absolute Gasteiger partial charge is 0.261 e. The molecule has 1 aromatic carbocycles. The number of carbonyl (C=O) groups excluding carboxylic acids is 2. The van der Waals surface area contributed by atoms with Crippen LogP contribution in [0, 0.1) is 0 Å². The summed E-state index contributed by atoms with van der Waals surface area (Å²) in [6.45, 7) is 1.98. The van der Waals surface area contributed by atoms with Crippen LogP contribution in [0.25, 0.3) is 0 Å². The summed E-state index contributed by atoms with van der Waals surface area (Å²) in [5.74, 6) is 0.984. The van der Waals surface area contributed by atoms with Gasteiger partial charge in [0.05, 0.1) is 12.8 Å². The molecule has 1 unspecified atom stereocenters. The number of furan rings is 1. The van der Waals surface area contributed by atoms with Crippen LogP contribution in [0.1, 0.15) is 23.0 Å². The molecule has 1 N–H and O–H groups in total. The zero-order valence-electron chi connectivity index (χ0n) is 11.0. The molecule has 1 heterocycles. The summed E-state index contributed by atoms with van der Waals surface area (Å²) in [6, 6.07) is 10.1. The van der Waals surface area contributed by atoms with Crippen LogP contribution >= 0.6 is 0 Å². The predicted molar refractivity (Wildman–Crippen MR) is 72.5 cm³/mol. The molecule has 2 rings (SSSR count). The van der Waals surface area contributed by atoms with E-state index in [0.717, 1.165) is 6.29 Å². The van der Waals surface area contributed by atoms with Crippen molar-refractivity contribution in [2.45, 2.75) is 19.6 Å². The van der Waals surface area contributed by atoms with Crippen LogP contribution in [-0.4, -0.2) is 18.3 Å². The summed E-state index contributed by atoms with van der Waals surface area (Å²) in [5.41, 5.74) is 0.562. The molecule has 0 radical (unpaired) electrons. The Bertz CT molecular complexity index is 560. The average molecular weight is 273 g/mol. The number of carbonyl (C=O) groups is 2. The summed E-state index contributed by atoms with van der Waals surface area (Å²) < 4.78 is 10.6. The van der Waals surface area contributed by atoms with Gasteiger partial charge >= 0.3 is 0 Å². The maximum Gasteiger partial charge on any atom is 0.261 e. The normalized spacial score (nSPS) is 11.7. The van der Waals surface area contributed by atoms with E-state index < -0.39 is 6.10 Å². The zero-order chi connectivity index (χ0) is 14.4. The minimum absolute atomic E-state index is 0.235. The van der Waals surface area contributed by atoms with E-state index in [0.29, 0.717) is 23.6 Å². The van der Waals surface area contributed by atoms with E-state index in [1.54, 1.807) is 49.6 Å². The molecule has 1 atom stereocenters. The van der Waals surface area contributed by atoms with Gasteiger partial charge in [-0.2, -0.15) is 0 Å². The van der Waals surface area contributed by atoms with Crippen molar-refractivity contribution in [2.75, 3.05) is 0 Å². The van der Waals surface area contributed by atoms with E-state index in [1.165, 1.54) is 0 Å². The van der Waals surface area contributed by atoms with Gasteiger partial charge in [0.15, 0.2) is 6.10 Å². The van der Waals surface area contributed by atoms with Crippen LogP contribution in [0.3, 0.4) is 0 Å². The quantitative estimate of drug-likeness (QED) is 0.819. The van der Waals surface area contributed by atoms with Gasteiger partial charge in [-0.15, -0.1) is 0 Å². The topological polar surface area (TPSA) is 68.5 Å². The largest absolute Gasteiger partial charge is 0.481 e. The molecule has 0 aliphatic heterocycles. The summed E-state index contributed by atoms with van der Waals surface area (Å²) in [7, 11) is 0. The van der Waals surface area contributed by atoms with Crippen molar-refractivity contribution >= 4 is 12.2 Å². The van der Waals surface area contributed by atoms with Crippen molar-refractivity contribution < 1.29 is 18.7 Å². The van der Waals surface area contributed by atoms with Gasteiger partial charge in [-0.25, -0.2) is 0 Å². The minimum Gasteiger partial charge on any atom is -0.481 e. The van der Waals surface area contributed by atoms with Crippen LogP contribution in [0.4, 0.5) is 0 Å². The third-order valence-electron chi connectivity index (χ3n) is 2.72. The minimum atomic E-state index is -0.632. The molecular weight excluding hydrogens is 258 g/mol. The summed E-state index contributed by atoms with van der Waals surface area (Å²) in [6.07, 6.45) is 1.67. The van der Waals surface area contributed by atoms with Crippen molar-refractivity contribution in [1.82, 2.24) is 5.32 Å². The van der Waals surface area contributed by atoms with E-state index in [2.05, 4.69) is 5.32 Å². The lowest BCUT2D eigenvalue weighted by Gasteiger charge is -2.14. The Morgan fingerprint density at radius 2 is 2.10 bits per heavy atom. The summed E-state index contributed by atoms with van der Waals surface area (Å²) in [4.78, 5) is 22.4. The number of hydrogen-bond acceptors (Lipinski definition) is 4. The fraction of sp³-hybridized carbons (Fsp3) is 0.200. The van der Waals surface area contributed by atoms with Gasteiger partial charge < -0.3 is 14.5 Å². The van der Waals surface area contributed by atoms with Gasteiger partial charge in [-0.1, -0.05) is 0 Å². The average Bonchev–Trinajstić information content (AvgIpc) is 2.98. The fourth-order valence-corrected chi connectivity index (χ4v) is 1.61. The first-order chi connectivity index (χ1) is 9.69. The highest BCUT2D eigenvalue weighted by molar-refractivity contribution is 5.80. The second-order valence-electron chi connectivity index (χ2n) is 4.24. The highest BCUT2D eigenvalue weighted by Crippen LogP contribution is 2.13. The Labute approximate surface area is 116 Å². The Kier molecular flexibility index (Phi) is 4.55. The van der Waals surface area contributed by atoms with Crippen molar-refractivity contribution in [3.63, 3.8) is 0 Å². The lowest BCUT2D eigenvalue weighted by Crippen LogP contribution is -2.35. The van der Waals surface area contributed by atoms with Crippen molar-refractivity contribution in [3.05, 3.63) is 54.0 Å². The lowest BCUT2D eigenvalue weighted by molar-refractivity contribution is -0.127. The highest BCUT2D eigenvalue weighted by atomic mass is 16.5. The van der Waals surface area contributed by atoms with Crippen LogP contribution in [-0.2, 0) is 11.3 Å². The second kappa shape index (κ2) is 6.56. The van der Waals surface area contributed by atoms with E-state index in [1.807, 2.05) is 0 Å². The zero-order valence-corrected chi connectivity index (χ0v) is 11.0. The van der Waals surface area contributed by atoms with Crippen molar-refractivity contribution in [2.24, 2.45) is 0 Å². The number of amides is 1. The second-order valence-corrected chi connectivity index (χ2v) is 4.24. The van der Waals surface area contributed by atoms with Gasteiger partial charge in [0.2, 0.25) is 0 Å². The van der Waals surface area contributed by atoms with Crippen LogP contribution in [0.15, 0.2) is 47.1 Å².